The number of aromatic hydroxyl groups is 2. The Morgan fingerprint density at radius 1 is 1.10 bits per heavy atom. The Kier molecular flexibility index (Phi) is 3.99. The van der Waals surface area contributed by atoms with Crippen LogP contribution in [0.15, 0.2) is 48.5 Å². The zero-order valence-electron chi connectivity index (χ0n) is 10.8. The van der Waals surface area contributed by atoms with E-state index in [2.05, 4.69) is 0 Å². The van der Waals surface area contributed by atoms with Crippen LogP contribution in [0, 0.1) is 10.1 Å². The summed E-state index contributed by atoms with van der Waals surface area (Å²) >= 11 is 0. The summed E-state index contributed by atoms with van der Waals surface area (Å²) < 4.78 is 0. The second kappa shape index (κ2) is 5.87. The number of nitro groups is 1. The van der Waals surface area contributed by atoms with Crippen LogP contribution in [-0.2, 0) is 0 Å². The zero-order chi connectivity index (χ0) is 15.4. The molecule has 0 aliphatic carbocycles. The van der Waals surface area contributed by atoms with Crippen LogP contribution >= 0.6 is 0 Å². The molecule has 0 bridgehead atoms. The van der Waals surface area contributed by atoms with E-state index < -0.39 is 27.9 Å². The van der Waals surface area contributed by atoms with Gasteiger partial charge in [-0.3, -0.25) is 14.9 Å². The van der Waals surface area contributed by atoms with Crippen LogP contribution in [0.2, 0.25) is 0 Å². The summed E-state index contributed by atoms with van der Waals surface area (Å²) in [6, 6.07) is 11.1. The van der Waals surface area contributed by atoms with Crippen LogP contribution in [0.25, 0.3) is 6.08 Å². The van der Waals surface area contributed by atoms with Gasteiger partial charge in [0.1, 0.15) is 5.56 Å². The number of ketones is 1. The van der Waals surface area contributed by atoms with Crippen LogP contribution in [0.3, 0.4) is 0 Å². The fourth-order valence-electron chi connectivity index (χ4n) is 1.78. The summed E-state index contributed by atoms with van der Waals surface area (Å²) in [5.41, 5.74) is -0.336. The third-order valence-electron chi connectivity index (χ3n) is 2.80. The van der Waals surface area contributed by atoms with Crippen LogP contribution in [0.4, 0.5) is 5.69 Å². The van der Waals surface area contributed by atoms with Gasteiger partial charge in [-0.1, -0.05) is 36.4 Å². The molecule has 0 amide bonds. The van der Waals surface area contributed by atoms with Gasteiger partial charge in [0.15, 0.2) is 11.5 Å². The Labute approximate surface area is 119 Å². The van der Waals surface area contributed by atoms with E-state index in [9.17, 15) is 25.1 Å². The molecule has 106 valence electrons. The van der Waals surface area contributed by atoms with Crippen molar-refractivity contribution in [3.8, 4) is 11.5 Å². The van der Waals surface area contributed by atoms with Crippen molar-refractivity contribution in [1.29, 1.82) is 0 Å². The lowest BCUT2D eigenvalue weighted by Gasteiger charge is -2.03. The molecule has 0 aliphatic rings. The molecule has 0 spiro atoms. The fraction of sp³-hybridized carbons (Fsp3) is 0. The van der Waals surface area contributed by atoms with Crippen molar-refractivity contribution in [1.82, 2.24) is 0 Å². The molecule has 0 heterocycles. The number of nitrogens with zero attached hydrogens (tertiary/aromatic N) is 1. The van der Waals surface area contributed by atoms with Crippen LogP contribution in [0.5, 0.6) is 11.5 Å². The summed E-state index contributed by atoms with van der Waals surface area (Å²) in [6.45, 7) is 0. The third kappa shape index (κ3) is 3.06. The lowest BCUT2D eigenvalue weighted by atomic mass is 10.1. The average molecular weight is 285 g/mol. The Balaban J connectivity index is 2.38. The van der Waals surface area contributed by atoms with Gasteiger partial charge < -0.3 is 10.2 Å². The lowest BCUT2D eigenvalue weighted by Crippen LogP contribution is -2.01. The molecule has 0 fully saturated rings. The van der Waals surface area contributed by atoms with Crippen molar-refractivity contribution in [2.24, 2.45) is 0 Å². The van der Waals surface area contributed by atoms with Crippen LogP contribution < -0.4 is 0 Å². The maximum atomic E-state index is 12.0. The highest BCUT2D eigenvalue weighted by Crippen LogP contribution is 2.37. The molecule has 6 nitrogen and oxygen atoms in total. The molecule has 0 aromatic heterocycles. The van der Waals surface area contributed by atoms with E-state index in [1.165, 1.54) is 12.2 Å². The smallest absolute Gasteiger partial charge is 0.325 e. The van der Waals surface area contributed by atoms with Gasteiger partial charge in [0.25, 0.3) is 0 Å². The van der Waals surface area contributed by atoms with Crippen molar-refractivity contribution < 1.29 is 19.9 Å². The number of rotatable bonds is 4. The van der Waals surface area contributed by atoms with Crippen molar-refractivity contribution in [2.45, 2.75) is 0 Å². The molecule has 0 atom stereocenters. The molecule has 2 rings (SSSR count). The second-order valence-electron chi connectivity index (χ2n) is 4.19. The summed E-state index contributed by atoms with van der Waals surface area (Å²) in [5.74, 6) is -2.20. The number of benzene rings is 2. The number of allylic oxidation sites excluding steroid dienone is 1. The van der Waals surface area contributed by atoms with Crippen molar-refractivity contribution in [2.75, 3.05) is 0 Å². The largest absolute Gasteiger partial charge is 0.504 e. The first kappa shape index (κ1) is 14.3. The fourth-order valence-corrected chi connectivity index (χ4v) is 1.78. The molecular weight excluding hydrogens is 274 g/mol. The summed E-state index contributed by atoms with van der Waals surface area (Å²) in [7, 11) is 0. The number of phenols is 2. The lowest BCUT2D eigenvalue weighted by molar-refractivity contribution is -0.386. The minimum atomic E-state index is -0.918. The number of phenolic OH excluding ortho intramolecular Hbond substituents is 2. The normalized spacial score (nSPS) is 10.7. The minimum absolute atomic E-state index is 0.289. The molecule has 2 N–H and O–H groups in total. The number of nitro benzene ring substituents is 1. The Hall–Kier alpha value is -3.15. The Morgan fingerprint density at radius 3 is 2.38 bits per heavy atom. The molecule has 0 radical (unpaired) electrons. The average Bonchev–Trinajstić information content (AvgIpc) is 2.48. The van der Waals surface area contributed by atoms with Gasteiger partial charge in [-0.05, 0) is 23.8 Å². The van der Waals surface area contributed by atoms with E-state index in [0.717, 1.165) is 17.7 Å². The molecule has 0 unspecified atom stereocenters. The predicted octanol–water partition coefficient (Wildman–Crippen LogP) is 2.90. The molecule has 21 heavy (non-hydrogen) atoms. The van der Waals surface area contributed by atoms with Gasteiger partial charge in [-0.25, -0.2) is 0 Å². The molecule has 0 saturated heterocycles. The van der Waals surface area contributed by atoms with Crippen molar-refractivity contribution in [3.05, 3.63) is 69.8 Å². The quantitative estimate of drug-likeness (QED) is 0.296. The molecule has 2 aromatic carbocycles. The Bertz CT molecular complexity index is 722. The van der Waals surface area contributed by atoms with E-state index in [-0.39, 0.29) is 5.56 Å². The highest BCUT2D eigenvalue weighted by Gasteiger charge is 2.26. The van der Waals surface area contributed by atoms with Crippen molar-refractivity contribution >= 4 is 17.5 Å². The highest BCUT2D eigenvalue weighted by atomic mass is 16.6. The number of hydrogen-bond donors (Lipinski definition) is 2. The molecule has 6 heteroatoms. The standard InChI is InChI=1S/C15H11NO5/c17-12(8-6-10-4-2-1-3-5-10)11-7-9-13(18)15(19)14(11)16(20)21/h1-9,18-19H/b8-6+. The first-order valence-corrected chi connectivity index (χ1v) is 5.97. The number of carbonyl (C=O) groups is 1. The van der Waals surface area contributed by atoms with Gasteiger partial charge in [-0.15, -0.1) is 0 Å². The molecule has 0 saturated carbocycles. The summed E-state index contributed by atoms with van der Waals surface area (Å²) in [6.07, 6.45) is 2.68. The number of hydrogen-bond acceptors (Lipinski definition) is 5. The third-order valence-corrected chi connectivity index (χ3v) is 2.80. The minimum Gasteiger partial charge on any atom is -0.504 e. The topological polar surface area (TPSA) is 101 Å². The van der Waals surface area contributed by atoms with Gasteiger partial charge in [0.05, 0.1) is 4.92 Å². The predicted molar refractivity (Wildman–Crippen MR) is 76.2 cm³/mol. The van der Waals surface area contributed by atoms with E-state index in [0.29, 0.717) is 0 Å². The molecule has 0 aliphatic heterocycles. The monoisotopic (exact) mass is 285 g/mol. The van der Waals surface area contributed by atoms with Gasteiger partial charge in [0, 0.05) is 0 Å². The second-order valence-corrected chi connectivity index (χ2v) is 4.19. The van der Waals surface area contributed by atoms with E-state index >= 15 is 0 Å². The maximum Gasteiger partial charge on any atom is 0.325 e. The van der Waals surface area contributed by atoms with E-state index in [1.807, 2.05) is 6.07 Å². The molecular formula is C15H11NO5. The molecule has 2 aromatic rings. The van der Waals surface area contributed by atoms with Gasteiger partial charge in [-0.2, -0.15) is 0 Å². The first-order valence-electron chi connectivity index (χ1n) is 5.97. The van der Waals surface area contributed by atoms with Crippen molar-refractivity contribution in [3.63, 3.8) is 0 Å². The van der Waals surface area contributed by atoms with Crippen LogP contribution in [-0.4, -0.2) is 20.9 Å². The summed E-state index contributed by atoms with van der Waals surface area (Å²) in [4.78, 5) is 22.1. The maximum absolute atomic E-state index is 12.0. The Morgan fingerprint density at radius 2 is 1.76 bits per heavy atom. The van der Waals surface area contributed by atoms with E-state index in [4.69, 9.17) is 0 Å². The zero-order valence-corrected chi connectivity index (χ0v) is 10.8. The SMILES string of the molecule is O=C(/C=C/c1ccccc1)c1ccc(O)c(O)c1[N+](=O)[O-]. The number of carbonyl (C=O) groups excluding carboxylic acids is 1. The van der Waals surface area contributed by atoms with Gasteiger partial charge >= 0.3 is 5.69 Å². The first-order chi connectivity index (χ1) is 10.0. The van der Waals surface area contributed by atoms with E-state index in [1.54, 1.807) is 24.3 Å². The van der Waals surface area contributed by atoms with Gasteiger partial charge in [0.2, 0.25) is 5.75 Å². The highest BCUT2D eigenvalue weighted by molar-refractivity contribution is 6.10. The summed E-state index contributed by atoms with van der Waals surface area (Å²) in [5, 5.41) is 29.7. The van der Waals surface area contributed by atoms with Crippen LogP contribution in [0.1, 0.15) is 15.9 Å².